The molecule has 8 heteroatoms. The van der Waals surface area contributed by atoms with Crippen LogP contribution in [0.2, 0.25) is 0 Å². The Bertz CT molecular complexity index is 883. The Balaban J connectivity index is 2.02. The minimum absolute atomic E-state index is 0.0991. The number of rotatable bonds is 3. The standard InChI is InChI=1S/C15H19N5O3/c1-23-12-11-10(6-17-13(12)19-5-4-8(16)7-19)14(21)18-15(22)20(11)9-2-3-9/h6,8-9H,2-5,7,16H2,1H3,(H,18,21,22)/t8-/m1/s1. The fourth-order valence-corrected chi connectivity index (χ4v) is 3.28. The zero-order valence-corrected chi connectivity index (χ0v) is 12.9. The molecular formula is C15H19N5O3. The van der Waals surface area contributed by atoms with Crippen LogP contribution in [0.4, 0.5) is 5.82 Å². The summed E-state index contributed by atoms with van der Waals surface area (Å²) in [4.78, 5) is 33.3. The SMILES string of the molecule is COc1c(N2CC[C@@H](N)C2)ncc2c(=O)[nH]c(=O)n(C3CC3)c12. The van der Waals surface area contributed by atoms with Gasteiger partial charge in [-0.2, -0.15) is 0 Å². The van der Waals surface area contributed by atoms with Crippen molar-refractivity contribution in [3.05, 3.63) is 27.0 Å². The van der Waals surface area contributed by atoms with Gasteiger partial charge in [-0.05, 0) is 19.3 Å². The number of fused-ring (bicyclic) bond motifs is 1. The van der Waals surface area contributed by atoms with E-state index in [1.54, 1.807) is 11.7 Å². The monoisotopic (exact) mass is 317 g/mol. The molecule has 0 spiro atoms. The first-order chi connectivity index (χ1) is 11.1. The second kappa shape index (κ2) is 5.09. The van der Waals surface area contributed by atoms with Gasteiger partial charge in [-0.15, -0.1) is 0 Å². The van der Waals surface area contributed by atoms with Gasteiger partial charge in [-0.25, -0.2) is 9.78 Å². The van der Waals surface area contributed by atoms with Crippen LogP contribution in [0, 0.1) is 0 Å². The number of ether oxygens (including phenoxy) is 1. The average Bonchev–Trinajstić information content (AvgIpc) is 3.26. The first-order valence-electron chi connectivity index (χ1n) is 7.82. The highest BCUT2D eigenvalue weighted by Gasteiger charge is 2.31. The van der Waals surface area contributed by atoms with Crippen molar-refractivity contribution in [2.24, 2.45) is 5.73 Å². The lowest BCUT2D eigenvalue weighted by Gasteiger charge is -2.21. The third-order valence-corrected chi connectivity index (χ3v) is 4.55. The minimum atomic E-state index is -0.433. The van der Waals surface area contributed by atoms with Gasteiger partial charge >= 0.3 is 5.69 Å². The first kappa shape index (κ1) is 14.3. The molecule has 1 aliphatic carbocycles. The third kappa shape index (κ3) is 2.21. The summed E-state index contributed by atoms with van der Waals surface area (Å²) in [7, 11) is 1.54. The predicted octanol–water partition coefficient (Wildman–Crippen LogP) is -0.0343. The molecular weight excluding hydrogens is 298 g/mol. The molecule has 2 aromatic rings. The van der Waals surface area contributed by atoms with Crippen LogP contribution in [0.1, 0.15) is 25.3 Å². The van der Waals surface area contributed by atoms with Crippen molar-refractivity contribution in [2.45, 2.75) is 31.3 Å². The number of hydrogen-bond acceptors (Lipinski definition) is 6. The largest absolute Gasteiger partial charge is 0.491 e. The lowest BCUT2D eigenvalue weighted by Crippen LogP contribution is -2.31. The molecule has 1 saturated carbocycles. The van der Waals surface area contributed by atoms with E-state index in [4.69, 9.17) is 10.5 Å². The number of methoxy groups -OCH3 is 1. The van der Waals surface area contributed by atoms with Crippen molar-refractivity contribution in [2.75, 3.05) is 25.1 Å². The number of aromatic amines is 1. The first-order valence-corrected chi connectivity index (χ1v) is 7.82. The number of nitrogens with zero attached hydrogens (tertiary/aromatic N) is 3. The molecule has 1 saturated heterocycles. The fraction of sp³-hybridized carbons (Fsp3) is 0.533. The van der Waals surface area contributed by atoms with E-state index in [9.17, 15) is 9.59 Å². The second-order valence-corrected chi connectivity index (χ2v) is 6.23. The Labute approximate surface area is 131 Å². The van der Waals surface area contributed by atoms with E-state index >= 15 is 0 Å². The molecule has 122 valence electrons. The van der Waals surface area contributed by atoms with Crippen LogP contribution in [0.5, 0.6) is 5.75 Å². The van der Waals surface area contributed by atoms with Crippen molar-refractivity contribution in [3.8, 4) is 5.75 Å². The van der Waals surface area contributed by atoms with Crippen molar-refractivity contribution in [3.63, 3.8) is 0 Å². The molecule has 0 amide bonds. The van der Waals surface area contributed by atoms with Gasteiger partial charge in [0.15, 0.2) is 11.6 Å². The van der Waals surface area contributed by atoms with E-state index in [2.05, 4.69) is 9.97 Å². The molecule has 4 rings (SSSR count). The summed E-state index contributed by atoms with van der Waals surface area (Å²) in [5.74, 6) is 1.12. The molecule has 1 aliphatic heterocycles. The zero-order valence-electron chi connectivity index (χ0n) is 12.9. The molecule has 2 aliphatic rings. The van der Waals surface area contributed by atoms with Gasteiger partial charge in [0.25, 0.3) is 5.56 Å². The van der Waals surface area contributed by atoms with Crippen LogP contribution in [-0.2, 0) is 0 Å². The normalized spacial score (nSPS) is 21.1. The van der Waals surface area contributed by atoms with Crippen molar-refractivity contribution in [1.29, 1.82) is 0 Å². The summed E-state index contributed by atoms with van der Waals surface area (Å²) < 4.78 is 7.21. The Hall–Kier alpha value is -2.35. The molecule has 8 nitrogen and oxygen atoms in total. The van der Waals surface area contributed by atoms with Crippen molar-refractivity contribution < 1.29 is 4.74 Å². The van der Waals surface area contributed by atoms with Crippen LogP contribution >= 0.6 is 0 Å². The smallest absolute Gasteiger partial charge is 0.329 e. The quantitative estimate of drug-likeness (QED) is 0.823. The van der Waals surface area contributed by atoms with Crippen LogP contribution in [0.15, 0.2) is 15.8 Å². The third-order valence-electron chi connectivity index (χ3n) is 4.55. The van der Waals surface area contributed by atoms with Gasteiger partial charge in [-0.3, -0.25) is 14.3 Å². The van der Waals surface area contributed by atoms with Gasteiger partial charge in [-0.1, -0.05) is 0 Å². The van der Waals surface area contributed by atoms with Crippen LogP contribution in [0.3, 0.4) is 0 Å². The minimum Gasteiger partial charge on any atom is -0.491 e. The fourth-order valence-electron chi connectivity index (χ4n) is 3.28. The van der Waals surface area contributed by atoms with Gasteiger partial charge < -0.3 is 15.4 Å². The van der Waals surface area contributed by atoms with E-state index in [-0.39, 0.29) is 12.1 Å². The van der Waals surface area contributed by atoms with E-state index in [1.165, 1.54) is 6.20 Å². The molecule has 23 heavy (non-hydrogen) atoms. The number of nitrogens with one attached hydrogen (secondary N) is 1. The van der Waals surface area contributed by atoms with Gasteiger partial charge in [0, 0.05) is 31.4 Å². The summed E-state index contributed by atoms with van der Waals surface area (Å²) in [6.45, 7) is 1.47. The Morgan fingerprint density at radius 1 is 1.35 bits per heavy atom. The molecule has 2 fully saturated rings. The van der Waals surface area contributed by atoms with Crippen LogP contribution in [0.25, 0.3) is 10.9 Å². The lowest BCUT2D eigenvalue weighted by molar-refractivity contribution is 0.414. The van der Waals surface area contributed by atoms with E-state index in [1.807, 2.05) is 4.90 Å². The highest BCUT2D eigenvalue weighted by molar-refractivity contribution is 5.88. The summed E-state index contributed by atoms with van der Waals surface area (Å²) in [5.41, 5.74) is 5.70. The topological polar surface area (TPSA) is 106 Å². The highest BCUT2D eigenvalue weighted by atomic mass is 16.5. The molecule has 3 N–H and O–H groups in total. The van der Waals surface area contributed by atoms with Crippen LogP contribution < -0.4 is 26.6 Å². The molecule has 3 heterocycles. The zero-order chi connectivity index (χ0) is 16.1. The maximum Gasteiger partial charge on any atom is 0.329 e. The van der Waals surface area contributed by atoms with E-state index in [0.29, 0.717) is 29.0 Å². The van der Waals surface area contributed by atoms with E-state index < -0.39 is 11.2 Å². The maximum atomic E-state index is 12.3. The summed E-state index contributed by atoms with van der Waals surface area (Å²) in [6.07, 6.45) is 4.26. The molecule has 0 bridgehead atoms. The maximum absolute atomic E-state index is 12.3. The second-order valence-electron chi connectivity index (χ2n) is 6.23. The number of nitrogens with two attached hydrogens (primary N) is 1. The summed E-state index contributed by atoms with van der Waals surface area (Å²) >= 11 is 0. The molecule has 0 aromatic carbocycles. The molecule has 0 radical (unpaired) electrons. The molecule has 1 atom stereocenters. The summed E-state index contributed by atoms with van der Waals surface area (Å²) in [6, 6.07) is 0.217. The number of aromatic nitrogens is 3. The molecule has 2 aromatic heterocycles. The van der Waals surface area contributed by atoms with E-state index in [0.717, 1.165) is 25.8 Å². The van der Waals surface area contributed by atoms with Crippen molar-refractivity contribution in [1.82, 2.24) is 14.5 Å². The highest BCUT2D eigenvalue weighted by Crippen LogP contribution is 2.40. The lowest BCUT2D eigenvalue weighted by atomic mass is 10.2. The Kier molecular flexibility index (Phi) is 3.15. The number of pyridine rings is 1. The van der Waals surface area contributed by atoms with Gasteiger partial charge in [0.05, 0.1) is 12.5 Å². The Morgan fingerprint density at radius 3 is 2.74 bits per heavy atom. The van der Waals surface area contributed by atoms with Crippen LogP contribution in [-0.4, -0.2) is 40.8 Å². The number of anilines is 1. The van der Waals surface area contributed by atoms with Gasteiger partial charge in [0.2, 0.25) is 0 Å². The Morgan fingerprint density at radius 2 is 2.13 bits per heavy atom. The van der Waals surface area contributed by atoms with Crippen molar-refractivity contribution >= 4 is 16.7 Å². The van der Waals surface area contributed by atoms with Gasteiger partial charge in [0.1, 0.15) is 5.52 Å². The number of H-pyrrole nitrogens is 1. The molecule has 0 unspecified atom stereocenters. The number of hydrogen-bond donors (Lipinski definition) is 2. The summed E-state index contributed by atoms with van der Waals surface area (Å²) in [5, 5.41) is 0.376. The predicted molar refractivity (Wildman–Crippen MR) is 86.3 cm³/mol. The average molecular weight is 317 g/mol.